The summed E-state index contributed by atoms with van der Waals surface area (Å²) in [4.78, 5) is 0. The van der Waals surface area contributed by atoms with Crippen molar-refractivity contribution in [1.29, 1.82) is 0 Å². The highest BCUT2D eigenvalue weighted by Gasteiger charge is 2.17. The Morgan fingerprint density at radius 3 is 1.83 bits per heavy atom. The van der Waals surface area contributed by atoms with Gasteiger partial charge < -0.3 is 20.1 Å². The Labute approximate surface area is 149 Å². The molecule has 0 aliphatic heterocycles. The highest BCUT2D eigenvalue weighted by molar-refractivity contribution is 7.80. The molecule has 0 spiro atoms. The Kier molecular flexibility index (Phi) is 6.44. The van der Waals surface area contributed by atoms with Crippen LogP contribution in [-0.4, -0.2) is 19.3 Å². The van der Waals surface area contributed by atoms with Gasteiger partial charge in [-0.15, -0.1) is 0 Å². The first-order chi connectivity index (χ1) is 11.5. The lowest BCUT2D eigenvalue weighted by atomic mass is 9.96. The van der Waals surface area contributed by atoms with Gasteiger partial charge in [0.25, 0.3) is 0 Å². The lowest BCUT2D eigenvalue weighted by Crippen LogP contribution is -2.34. The Morgan fingerprint density at radius 1 is 0.875 bits per heavy atom. The molecule has 0 amide bonds. The average molecular weight is 344 g/mol. The first kappa shape index (κ1) is 18.1. The fraction of sp³-hybridized carbons (Fsp3) is 0.316. The predicted molar refractivity (Wildman–Crippen MR) is 103 cm³/mol. The molecule has 0 unspecified atom stereocenters. The van der Waals surface area contributed by atoms with Gasteiger partial charge in [-0.1, -0.05) is 26.0 Å². The number of thiocarbonyl (C=S) groups is 1. The van der Waals surface area contributed by atoms with E-state index in [0.29, 0.717) is 11.0 Å². The van der Waals surface area contributed by atoms with Crippen LogP contribution in [0.25, 0.3) is 0 Å². The fourth-order valence-electron chi connectivity index (χ4n) is 2.43. The molecule has 0 radical (unpaired) electrons. The molecule has 0 aliphatic carbocycles. The lowest BCUT2D eigenvalue weighted by molar-refractivity contribution is 0.413. The van der Waals surface area contributed by atoms with Crippen LogP contribution >= 0.6 is 12.2 Å². The number of nitrogens with one attached hydrogen (secondary N) is 2. The summed E-state index contributed by atoms with van der Waals surface area (Å²) in [6.45, 7) is 4.33. The number of ether oxygens (including phenoxy) is 2. The quantitative estimate of drug-likeness (QED) is 0.761. The van der Waals surface area contributed by atoms with Gasteiger partial charge in [-0.05, 0) is 60.1 Å². The van der Waals surface area contributed by atoms with Gasteiger partial charge in [0, 0.05) is 5.69 Å². The molecule has 24 heavy (non-hydrogen) atoms. The molecule has 0 fully saturated rings. The summed E-state index contributed by atoms with van der Waals surface area (Å²) in [6.07, 6.45) is 0. The van der Waals surface area contributed by atoms with E-state index >= 15 is 0 Å². The molecule has 2 rings (SSSR count). The summed E-state index contributed by atoms with van der Waals surface area (Å²) >= 11 is 5.46. The Bertz CT molecular complexity index is 654. The number of methoxy groups -OCH3 is 2. The maximum Gasteiger partial charge on any atom is 0.171 e. The molecule has 0 saturated carbocycles. The molecular formula is C19H24N2O2S. The largest absolute Gasteiger partial charge is 0.497 e. The molecule has 2 aromatic rings. The van der Waals surface area contributed by atoms with Crippen molar-refractivity contribution in [3.8, 4) is 11.5 Å². The van der Waals surface area contributed by atoms with Crippen LogP contribution in [0.15, 0.2) is 48.5 Å². The number of hydrogen-bond acceptors (Lipinski definition) is 3. The van der Waals surface area contributed by atoms with Gasteiger partial charge in [-0.3, -0.25) is 0 Å². The summed E-state index contributed by atoms with van der Waals surface area (Å²) in [6, 6.07) is 15.8. The van der Waals surface area contributed by atoms with Crippen LogP contribution in [0.3, 0.4) is 0 Å². The van der Waals surface area contributed by atoms with E-state index in [1.54, 1.807) is 14.2 Å². The molecule has 0 saturated heterocycles. The minimum atomic E-state index is 0.120. The van der Waals surface area contributed by atoms with Crippen LogP contribution < -0.4 is 20.1 Å². The maximum absolute atomic E-state index is 5.46. The van der Waals surface area contributed by atoms with Crippen molar-refractivity contribution in [3.63, 3.8) is 0 Å². The van der Waals surface area contributed by atoms with Crippen molar-refractivity contribution in [3.05, 3.63) is 54.1 Å². The summed E-state index contributed by atoms with van der Waals surface area (Å²) in [5.74, 6) is 2.05. The van der Waals surface area contributed by atoms with Gasteiger partial charge in [-0.2, -0.15) is 0 Å². The second kappa shape index (κ2) is 8.55. The van der Waals surface area contributed by atoms with E-state index in [1.807, 2.05) is 36.4 Å². The standard InChI is InChI=1S/C19H24N2O2S/c1-13(2)18(14-5-9-16(22-3)10-6-14)21-19(24)20-15-7-11-17(23-4)12-8-15/h5-13,18H,1-4H3,(H2,20,21,24)/t18-/m1/s1. The van der Waals surface area contributed by atoms with Gasteiger partial charge in [0.2, 0.25) is 0 Å². The van der Waals surface area contributed by atoms with Crippen LogP contribution in [0.4, 0.5) is 5.69 Å². The van der Waals surface area contributed by atoms with Crippen molar-refractivity contribution in [2.75, 3.05) is 19.5 Å². The van der Waals surface area contributed by atoms with Crippen LogP contribution in [0, 0.1) is 5.92 Å². The Balaban J connectivity index is 2.04. The van der Waals surface area contributed by atoms with E-state index in [0.717, 1.165) is 17.2 Å². The minimum Gasteiger partial charge on any atom is -0.497 e. The van der Waals surface area contributed by atoms with E-state index in [4.69, 9.17) is 21.7 Å². The zero-order valence-corrected chi connectivity index (χ0v) is 15.3. The van der Waals surface area contributed by atoms with Gasteiger partial charge in [0.1, 0.15) is 11.5 Å². The summed E-state index contributed by atoms with van der Waals surface area (Å²) < 4.78 is 10.4. The molecule has 2 N–H and O–H groups in total. The molecule has 128 valence electrons. The molecule has 5 heteroatoms. The molecule has 0 aromatic heterocycles. The third-order valence-corrected chi connectivity index (χ3v) is 4.00. The molecule has 0 bridgehead atoms. The van der Waals surface area contributed by atoms with Crippen LogP contribution in [-0.2, 0) is 0 Å². The van der Waals surface area contributed by atoms with Gasteiger partial charge in [0.05, 0.1) is 20.3 Å². The van der Waals surface area contributed by atoms with Crippen molar-refractivity contribution in [2.45, 2.75) is 19.9 Å². The van der Waals surface area contributed by atoms with Gasteiger partial charge in [-0.25, -0.2) is 0 Å². The first-order valence-electron chi connectivity index (χ1n) is 7.89. The maximum atomic E-state index is 5.46. The smallest absolute Gasteiger partial charge is 0.171 e. The van der Waals surface area contributed by atoms with Gasteiger partial charge >= 0.3 is 0 Å². The average Bonchev–Trinajstić information content (AvgIpc) is 2.60. The predicted octanol–water partition coefficient (Wildman–Crippen LogP) is 4.39. The third-order valence-electron chi connectivity index (χ3n) is 3.78. The third kappa shape index (κ3) is 4.86. The fourth-order valence-corrected chi connectivity index (χ4v) is 2.67. The molecule has 2 aromatic carbocycles. The van der Waals surface area contributed by atoms with Crippen molar-refractivity contribution >= 4 is 23.0 Å². The monoisotopic (exact) mass is 344 g/mol. The van der Waals surface area contributed by atoms with Crippen LogP contribution in [0.5, 0.6) is 11.5 Å². The highest BCUT2D eigenvalue weighted by atomic mass is 32.1. The van der Waals surface area contributed by atoms with Crippen molar-refractivity contribution < 1.29 is 9.47 Å². The second-order valence-electron chi connectivity index (χ2n) is 5.82. The zero-order valence-electron chi connectivity index (χ0n) is 14.5. The van der Waals surface area contributed by atoms with E-state index in [1.165, 1.54) is 5.56 Å². The minimum absolute atomic E-state index is 0.120. The van der Waals surface area contributed by atoms with Gasteiger partial charge in [0.15, 0.2) is 5.11 Å². The Hall–Kier alpha value is -2.27. The SMILES string of the molecule is COc1ccc(NC(=S)N[C@@H](c2ccc(OC)cc2)C(C)C)cc1. The van der Waals surface area contributed by atoms with E-state index in [9.17, 15) is 0 Å². The normalized spacial score (nSPS) is 11.7. The zero-order chi connectivity index (χ0) is 17.5. The molecule has 1 atom stereocenters. The molecule has 0 heterocycles. The summed E-state index contributed by atoms with van der Waals surface area (Å²) in [7, 11) is 3.32. The number of benzene rings is 2. The van der Waals surface area contributed by atoms with E-state index in [2.05, 4.69) is 36.6 Å². The van der Waals surface area contributed by atoms with Crippen LogP contribution in [0.2, 0.25) is 0 Å². The molecular weight excluding hydrogens is 320 g/mol. The van der Waals surface area contributed by atoms with Crippen LogP contribution in [0.1, 0.15) is 25.5 Å². The number of anilines is 1. The Morgan fingerprint density at radius 2 is 1.38 bits per heavy atom. The second-order valence-corrected chi connectivity index (χ2v) is 6.23. The van der Waals surface area contributed by atoms with E-state index in [-0.39, 0.29) is 6.04 Å². The molecule has 0 aliphatic rings. The number of hydrogen-bond donors (Lipinski definition) is 2. The van der Waals surface area contributed by atoms with Crippen molar-refractivity contribution in [2.24, 2.45) is 5.92 Å². The van der Waals surface area contributed by atoms with Crippen molar-refractivity contribution in [1.82, 2.24) is 5.32 Å². The first-order valence-corrected chi connectivity index (χ1v) is 8.30. The number of rotatable bonds is 6. The topological polar surface area (TPSA) is 42.5 Å². The summed E-state index contributed by atoms with van der Waals surface area (Å²) in [5.41, 5.74) is 2.09. The highest BCUT2D eigenvalue weighted by Crippen LogP contribution is 2.24. The molecule has 4 nitrogen and oxygen atoms in total. The lowest BCUT2D eigenvalue weighted by Gasteiger charge is -2.25. The van der Waals surface area contributed by atoms with E-state index < -0.39 is 0 Å². The summed E-state index contributed by atoms with van der Waals surface area (Å²) in [5, 5.41) is 7.20.